The van der Waals surface area contributed by atoms with Crippen LogP contribution in [0, 0.1) is 0 Å². The third kappa shape index (κ3) is 3.97. The molecule has 4 nitrogen and oxygen atoms in total. The zero-order valence-electron chi connectivity index (χ0n) is 16.8. The fraction of sp³-hybridized carbons (Fsp3) is 0.435. The van der Waals surface area contributed by atoms with Crippen LogP contribution in [0.4, 0.5) is 0 Å². The van der Waals surface area contributed by atoms with Crippen molar-refractivity contribution in [2.24, 2.45) is 0 Å². The number of nitrogens with zero attached hydrogens (tertiary/aromatic N) is 1. The number of amides is 1. The van der Waals surface area contributed by atoms with Crippen LogP contribution in [0.2, 0.25) is 5.02 Å². The van der Waals surface area contributed by atoms with Gasteiger partial charge in [-0.2, -0.15) is 0 Å². The van der Waals surface area contributed by atoms with Crippen molar-refractivity contribution in [3.63, 3.8) is 0 Å². The molecule has 0 aromatic heterocycles. The molecular formula is C23H28ClNO3. The molecule has 2 aromatic carbocycles. The van der Waals surface area contributed by atoms with Crippen LogP contribution in [0.15, 0.2) is 42.5 Å². The molecule has 1 fully saturated rings. The Bertz CT molecular complexity index is 815. The molecule has 28 heavy (non-hydrogen) atoms. The van der Waals surface area contributed by atoms with E-state index in [1.54, 1.807) is 7.11 Å². The number of likely N-dealkylation sites (N-methyl/N-ethyl adjacent to an activating group) is 1. The molecule has 1 saturated carbocycles. The highest BCUT2D eigenvalue weighted by atomic mass is 35.5. The number of carbonyl (C=O) groups is 1. The summed E-state index contributed by atoms with van der Waals surface area (Å²) in [4.78, 5) is 15.5. The van der Waals surface area contributed by atoms with Crippen LogP contribution in [0.3, 0.4) is 0 Å². The van der Waals surface area contributed by atoms with E-state index in [9.17, 15) is 4.79 Å². The third-order valence-corrected chi connectivity index (χ3v) is 5.84. The van der Waals surface area contributed by atoms with E-state index in [-0.39, 0.29) is 5.91 Å². The maximum atomic E-state index is 13.5. The van der Waals surface area contributed by atoms with Crippen molar-refractivity contribution >= 4 is 17.5 Å². The number of halogens is 1. The van der Waals surface area contributed by atoms with Crippen molar-refractivity contribution in [2.45, 2.75) is 45.1 Å². The Morgan fingerprint density at radius 1 is 1.11 bits per heavy atom. The summed E-state index contributed by atoms with van der Waals surface area (Å²) in [6, 6.07) is 13.6. The van der Waals surface area contributed by atoms with Crippen LogP contribution in [-0.2, 0) is 16.8 Å². The van der Waals surface area contributed by atoms with Crippen LogP contribution in [0.25, 0.3) is 0 Å². The molecule has 5 heteroatoms. The Balaban J connectivity index is 1.82. The molecule has 3 rings (SSSR count). The van der Waals surface area contributed by atoms with Crippen molar-refractivity contribution in [2.75, 3.05) is 20.3 Å². The summed E-state index contributed by atoms with van der Waals surface area (Å²) >= 11 is 6.05. The molecule has 0 spiro atoms. The molecular weight excluding hydrogens is 374 g/mol. The van der Waals surface area contributed by atoms with Gasteiger partial charge in [0.2, 0.25) is 5.91 Å². The molecule has 0 unspecified atom stereocenters. The second-order valence-electron chi connectivity index (χ2n) is 7.18. The van der Waals surface area contributed by atoms with Crippen LogP contribution in [0.1, 0.15) is 44.2 Å². The number of hydrogen-bond acceptors (Lipinski definition) is 3. The highest BCUT2D eigenvalue weighted by Gasteiger charge is 2.47. The van der Waals surface area contributed by atoms with Crippen molar-refractivity contribution in [3.8, 4) is 11.5 Å². The molecule has 0 N–H and O–H groups in total. The summed E-state index contributed by atoms with van der Waals surface area (Å²) in [6.07, 6.45) is 2.84. The molecule has 1 aliphatic rings. The lowest BCUT2D eigenvalue weighted by Crippen LogP contribution is -2.50. The maximum absolute atomic E-state index is 13.5. The molecule has 1 amide bonds. The average Bonchev–Trinajstić information content (AvgIpc) is 2.67. The number of carbonyl (C=O) groups excluding carboxylic acids is 1. The molecule has 0 bridgehead atoms. The summed E-state index contributed by atoms with van der Waals surface area (Å²) < 4.78 is 11.0. The summed E-state index contributed by atoms with van der Waals surface area (Å²) in [5.74, 6) is 1.61. The second-order valence-corrected chi connectivity index (χ2v) is 7.62. The second kappa shape index (κ2) is 8.87. The van der Waals surface area contributed by atoms with Gasteiger partial charge >= 0.3 is 0 Å². The first kappa shape index (κ1) is 20.5. The van der Waals surface area contributed by atoms with Crippen LogP contribution in [0.5, 0.6) is 11.5 Å². The molecule has 0 aliphatic heterocycles. The molecule has 0 saturated heterocycles. The van der Waals surface area contributed by atoms with E-state index >= 15 is 0 Å². The average molecular weight is 402 g/mol. The Hall–Kier alpha value is -2.20. The molecule has 0 atom stereocenters. The molecule has 1 aliphatic carbocycles. The lowest BCUT2D eigenvalue weighted by molar-refractivity contribution is -0.141. The largest absolute Gasteiger partial charge is 0.493 e. The number of rotatable bonds is 8. The van der Waals surface area contributed by atoms with Gasteiger partial charge in [0.15, 0.2) is 11.5 Å². The lowest BCUT2D eigenvalue weighted by Gasteiger charge is -2.44. The Kier molecular flexibility index (Phi) is 6.50. The van der Waals surface area contributed by atoms with E-state index in [1.165, 1.54) is 0 Å². The van der Waals surface area contributed by atoms with Gasteiger partial charge in [-0.15, -0.1) is 0 Å². The Morgan fingerprint density at radius 2 is 1.82 bits per heavy atom. The van der Waals surface area contributed by atoms with Crippen molar-refractivity contribution in [1.29, 1.82) is 0 Å². The minimum Gasteiger partial charge on any atom is -0.493 e. The van der Waals surface area contributed by atoms with E-state index in [1.807, 2.05) is 61.2 Å². The first-order chi connectivity index (χ1) is 13.5. The first-order valence-electron chi connectivity index (χ1n) is 9.89. The molecule has 2 aromatic rings. The van der Waals surface area contributed by atoms with Gasteiger partial charge in [-0.25, -0.2) is 0 Å². The minimum atomic E-state index is -0.421. The Morgan fingerprint density at radius 3 is 2.36 bits per heavy atom. The van der Waals surface area contributed by atoms with E-state index in [4.69, 9.17) is 21.1 Å². The van der Waals surface area contributed by atoms with Gasteiger partial charge in [0.25, 0.3) is 0 Å². The Labute approximate surface area is 172 Å². The van der Waals surface area contributed by atoms with Crippen molar-refractivity contribution in [1.82, 2.24) is 4.90 Å². The van der Waals surface area contributed by atoms with Gasteiger partial charge in [0.05, 0.1) is 19.1 Å². The minimum absolute atomic E-state index is 0.191. The quantitative estimate of drug-likeness (QED) is 0.608. The highest BCUT2D eigenvalue weighted by molar-refractivity contribution is 6.30. The van der Waals surface area contributed by atoms with Gasteiger partial charge in [-0.3, -0.25) is 4.79 Å². The van der Waals surface area contributed by atoms with Gasteiger partial charge in [0.1, 0.15) is 0 Å². The normalized spacial score (nSPS) is 14.9. The lowest BCUT2D eigenvalue weighted by atomic mass is 9.63. The van der Waals surface area contributed by atoms with Crippen LogP contribution < -0.4 is 9.47 Å². The number of hydrogen-bond donors (Lipinski definition) is 0. The predicted molar refractivity (Wildman–Crippen MR) is 112 cm³/mol. The van der Waals surface area contributed by atoms with Crippen molar-refractivity contribution < 1.29 is 14.3 Å². The number of benzene rings is 2. The first-order valence-corrected chi connectivity index (χ1v) is 10.3. The standard InChI is InChI=1S/C23H28ClNO3/c1-4-25(16-17-7-12-20(28-5-2)21(15-17)27-3)22(26)23(13-6-14-23)18-8-10-19(24)11-9-18/h7-12,15H,4-6,13-14,16H2,1-3H3. The summed E-state index contributed by atoms with van der Waals surface area (Å²) in [7, 11) is 1.63. The molecule has 150 valence electrons. The number of ether oxygens (including phenoxy) is 2. The van der Waals surface area contributed by atoms with Crippen LogP contribution >= 0.6 is 11.6 Å². The monoisotopic (exact) mass is 401 g/mol. The predicted octanol–water partition coefficient (Wildman–Crippen LogP) is 5.22. The van der Waals surface area contributed by atoms with Crippen molar-refractivity contribution in [3.05, 3.63) is 58.6 Å². The highest BCUT2D eigenvalue weighted by Crippen LogP contribution is 2.45. The summed E-state index contributed by atoms with van der Waals surface area (Å²) in [6.45, 7) is 5.76. The van der Waals surface area contributed by atoms with E-state index < -0.39 is 5.41 Å². The van der Waals surface area contributed by atoms with Gasteiger partial charge in [-0.1, -0.05) is 36.2 Å². The molecule has 0 heterocycles. The fourth-order valence-electron chi connectivity index (χ4n) is 3.86. The topological polar surface area (TPSA) is 38.8 Å². The maximum Gasteiger partial charge on any atom is 0.233 e. The molecule has 0 radical (unpaired) electrons. The van der Waals surface area contributed by atoms with Gasteiger partial charge in [-0.05, 0) is 62.1 Å². The van der Waals surface area contributed by atoms with Gasteiger partial charge < -0.3 is 14.4 Å². The third-order valence-electron chi connectivity index (χ3n) is 5.58. The van der Waals surface area contributed by atoms with Gasteiger partial charge in [0, 0.05) is 18.1 Å². The zero-order valence-corrected chi connectivity index (χ0v) is 17.6. The summed E-state index contributed by atoms with van der Waals surface area (Å²) in [5, 5.41) is 0.694. The van der Waals surface area contributed by atoms with Crippen LogP contribution in [-0.4, -0.2) is 31.1 Å². The smallest absolute Gasteiger partial charge is 0.233 e. The summed E-state index contributed by atoms with van der Waals surface area (Å²) in [5.41, 5.74) is 1.67. The van der Waals surface area contributed by atoms with E-state index in [0.717, 1.165) is 36.1 Å². The van der Waals surface area contributed by atoms with E-state index in [2.05, 4.69) is 0 Å². The SMILES string of the molecule is CCOc1ccc(CN(CC)C(=O)C2(c3ccc(Cl)cc3)CCC2)cc1OC. The fourth-order valence-corrected chi connectivity index (χ4v) is 3.99. The number of methoxy groups -OCH3 is 1. The van der Waals surface area contributed by atoms with E-state index in [0.29, 0.717) is 30.5 Å². The zero-order chi connectivity index (χ0) is 20.1.